The van der Waals surface area contributed by atoms with Crippen molar-refractivity contribution in [2.45, 2.75) is 20.4 Å². The number of nitro benzene ring substituents is 1. The van der Waals surface area contributed by atoms with Crippen molar-refractivity contribution in [3.8, 4) is 0 Å². The summed E-state index contributed by atoms with van der Waals surface area (Å²) in [5.74, 6) is -0.646. The molecular formula is C22H24N6O5S. The van der Waals surface area contributed by atoms with E-state index in [9.17, 15) is 24.5 Å². The molecule has 4 rings (SSSR count). The number of benzene rings is 1. The highest BCUT2D eigenvalue weighted by molar-refractivity contribution is 7.18. The first-order valence-corrected chi connectivity index (χ1v) is 11.5. The third-order valence-electron chi connectivity index (χ3n) is 5.96. The van der Waals surface area contributed by atoms with Gasteiger partial charge >= 0.3 is 0 Å². The van der Waals surface area contributed by atoms with Gasteiger partial charge in [0.05, 0.1) is 23.2 Å². The number of non-ortho nitro benzene ring substituents is 1. The standard InChI is InChI=1S/C22H24N6O5S/c1-14-15(2)34-21-20(14)22(31)27(13-24-21)12-18(29)23-11-19(30)26-9-7-25(8-10-26)16-3-5-17(6-4-16)28(32)33/h3-6,13H,7-12H2,1-2H3,(H,23,29). The van der Waals surface area contributed by atoms with E-state index in [-0.39, 0.29) is 30.2 Å². The van der Waals surface area contributed by atoms with Crippen LogP contribution in [0.2, 0.25) is 0 Å². The molecule has 3 heterocycles. The number of nitro groups is 1. The predicted molar refractivity (Wildman–Crippen MR) is 128 cm³/mol. The molecule has 2 amide bonds. The van der Waals surface area contributed by atoms with Gasteiger partial charge in [0.25, 0.3) is 11.2 Å². The van der Waals surface area contributed by atoms with Crippen LogP contribution in [-0.4, -0.2) is 63.9 Å². The van der Waals surface area contributed by atoms with Crippen LogP contribution in [-0.2, 0) is 16.1 Å². The number of nitrogens with zero attached hydrogens (tertiary/aromatic N) is 5. The van der Waals surface area contributed by atoms with E-state index >= 15 is 0 Å². The topological polar surface area (TPSA) is 131 Å². The van der Waals surface area contributed by atoms with Crippen LogP contribution < -0.4 is 15.8 Å². The quantitative estimate of drug-likeness (QED) is 0.414. The van der Waals surface area contributed by atoms with Crippen LogP contribution >= 0.6 is 11.3 Å². The van der Waals surface area contributed by atoms with Crippen LogP contribution in [0.3, 0.4) is 0 Å². The Balaban J connectivity index is 1.28. The Labute approximate surface area is 198 Å². The number of fused-ring (bicyclic) bond motifs is 1. The van der Waals surface area contributed by atoms with Gasteiger partial charge in [-0.3, -0.25) is 29.1 Å². The van der Waals surface area contributed by atoms with Crippen LogP contribution in [0.4, 0.5) is 11.4 Å². The zero-order valence-electron chi connectivity index (χ0n) is 18.8. The molecule has 178 valence electrons. The molecule has 1 saturated heterocycles. The molecule has 2 aromatic heterocycles. The van der Waals surface area contributed by atoms with Crippen molar-refractivity contribution in [2.75, 3.05) is 37.6 Å². The van der Waals surface area contributed by atoms with Crippen molar-refractivity contribution in [1.29, 1.82) is 0 Å². The predicted octanol–water partition coefficient (Wildman–Crippen LogP) is 1.45. The lowest BCUT2D eigenvalue weighted by Crippen LogP contribution is -2.51. The van der Waals surface area contributed by atoms with Crippen LogP contribution in [0.15, 0.2) is 35.4 Å². The van der Waals surface area contributed by atoms with Crippen molar-refractivity contribution in [1.82, 2.24) is 19.8 Å². The third kappa shape index (κ3) is 4.76. The summed E-state index contributed by atoms with van der Waals surface area (Å²) in [4.78, 5) is 57.7. The SMILES string of the molecule is Cc1sc2ncn(CC(=O)NCC(=O)N3CCN(c4ccc([N+](=O)[O-])cc4)CC3)c(=O)c2c1C. The molecule has 1 aromatic carbocycles. The highest BCUT2D eigenvalue weighted by Gasteiger charge is 2.22. The molecule has 3 aromatic rings. The molecule has 0 bridgehead atoms. The van der Waals surface area contributed by atoms with E-state index in [1.807, 2.05) is 13.8 Å². The summed E-state index contributed by atoms with van der Waals surface area (Å²) in [6.45, 7) is 5.53. The normalized spacial score (nSPS) is 13.8. The van der Waals surface area contributed by atoms with E-state index in [0.717, 1.165) is 16.1 Å². The molecule has 1 aliphatic rings. The van der Waals surface area contributed by atoms with Gasteiger partial charge in [-0.2, -0.15) is 0 Å². The highest BCUT2D eigenvalue weighted by atomic mass is 32.1. The minimum atomic E-state index is -0.440. The van der Waals surface area contributed by atoms with Crippen molar-refractivity contribution in [3.05, 3.63) is 61.5 Å². The minimum Gasteiger partial charge on any atom is -0.368 e. The lowest BCUT2D eigenvalue weighted by molar-refractivity contribution is -0.384. The second kappa shape index (κ2) is 9.59. The number of hydrogen-bond donors (Lipinski definition) is 1. The second-order valence-corrected chi connectivity index (χ2v) is 9.26. The third-order valence-corrected chi connectivity index (χ3v) is 7.08. The molecular weight excluding hydrogens is 460 g/mol. The fraction of sp³-hybridized carbons (Fsp3) is 0.364. The number of hydrogen-bond acceptors (Lipinski definition) is 8. The number of rotatable bonds is 6. The molecule has 0 atom stereocenters. The number of aryl methyl sites for hydroxylation is 2. The lowest BCUT2D eigenvalue weighted by atomic mass is 10.2. The summed E-state index contributed by atoms with van der Waals surface area (Å²) >= 11 is 1.45. The van der Waals surface area contributed by atoms with Crippen LogP contribution in [0.25, 0.3) is 10.2 Å². The fourth-order valence-electron chi connectivity index (χ4n) is 3.88. The number of aromatic nitrogens is 2. The average molecular weight is 485 g/mol. The highest BCUT2D eigenvalue weighted by Crippen LogP contribution is 2.25. The van der Waals surface area contributed by atoms with Gasteiger partial charge in [-0.05, 0) is 31.5 Å². The summed E-state index contributed by atoms with van der Waals surface area (Å²) in [6.07, 6.45) is 1.36. The summed E-state index contributed by atoms with van der Waals surface area (Å²) in [5, 5.41) is 13.9. The Bertz CT molecular complexity index is 1310. The monoisotopic (exact) mass is 484 g/mol. The molecule has 1 fully saturated rings. The Morgan fingerprint density at radius 3 is 2.47 bits per heavy atom. The zero-order chi connectivity index (χ0) is 24.4. The second-order valence-electron chi connectivity index (χ2n) is 8.06. The van der Waals surface area contributed by atoms with Gasteiger partial charge in [0.15, 0.2) is 0 Å². The number of thiophene rings is 1. The largest absolute Gasteiger partial charge is 0.368 e. The van der Waals surface area contributed by atoms with Gasteiger partial charge in [0.1, 0.15) is 11.4 Å². The smallest absolute Gasteiger partial charge is 0.269 e. The summed E-state index contributed by atoms with van der Waals surface area (Å²) in [7, 11) is 0. The van der Waals surface area contributed by atoms with E-state index in [1.165, 1.54) is 34.4 Å². The first-order valence-electron chi connectivity index (χ1n) is 10.7. The Morgan fingerprint density at radius 2 is 1.82 bits per heavy atom. The van der Waals surface area contributed by atoms with Gasteiger partial charge < -0.3 is 15.1 Å². The van der Waals surface area contributed by atoms with E-state index in [4.69, 9.17) is 0 Å². The zero-order valence-corrected chi connectivity index (χ0v) is 19.6. The molecule has 0 unspecified atom stereocenters. The molecule has 0 radical (unpaired) electrons. The lowest BCUT2D eigenvalue weighted by Gasteiger charge is -2.36. The van der Waals surface area contributed by atoms with Crippen LogP contribution in [0, 0.1) is 24.0 Å². The van der Waals surface area contributed by atoms with Gasteiger partial charge in [-0.25, -0.2) is 4.98 Å². The molecule has 0 saturated carbocycles. The van der Waals surface area contributed by atoms with E-state index in [0.29, 0.717) is 36.4 Å². The van der Waals surface area contributed by atoms with Crippen molar-refractivity contribution >= 4 is 44.7 Å². The van der Waals surface area contributed by atoms with Crippen molar-refractivity contribution < 1.29 is 14.5 Å². The first kappa shape index (κ1) is 23.4. The van der Waals surface area contributed by atoms with Gasteiger partial charge in [0.2, 0.25) is 11.8 Å². The minimum absolute atomic E-state index is 0.0341. The fourth-order valence-corrected chi connectivity index (χ4v) is 4.87. The van der Waals surface area contributed by atoms with Crippen LogP contribution in [0.5, 0.6) is 0 Å². The molecule has 34 heavy (non-hydrogen) atoms. The molecule has 11 nitrogen and oxygen atoms in total. The first-order chi connectivity index (χ1) is 16.2. The molecule has 1 N–H and O–H groups in total. The summed E-state index contributed by atoms with van der Waals surface area (Å²) in [6, 6.07) is 6.31. The maximum atomic E-state index is 12.7. The van der Waals surface area contributed by atoms with Crippen molar-refractivity contribution in [2.24, 2.45) is 0 Å². The van der Waals surface area contributed by atoms with E-state index < -0.39 is 10.8 Å². The van der Waals surface area contributed by atoms with E-state index in [1.54, 1.807) is 17.0 Å². The number of amides is 2. The maximum absolute atomic E-state index is 12.7. The number of anilines is 1. The van der Waals surface area contributed by atoms with Gasteiger partial charge in [-0.15, -0.1) is 11.3 Å². The average Bonchev–Trinajstić information content (AvgIpc) is 3.13. The number of piperazine rings is 1. The van der Waals surface area contributed by atoms with Crippen LogP contribution in [0.1, 0.15) is 10.4 Å². The summed E-state index contributed by atoms with van der Waals surface area (Å²) < 4.78 is 1.25. The maximum Gasteiger partial charge on any atom is 0.269 e. The number of carbonyl (C=O) groups excluding carboxylic acids is 2. The Hall–Kier alpha value is -3.80. The number of carbonyl (C=O) groups is 2. The van der Waals surface area contributed by atoms with Crippen molar-refractivity contribution in [3.63, 3.8) is 0 Å². The Morgan fingerprint density at radius 1 is 1.15 bits per heavy atom. The Kier molecular flexibility index (Phi) is 6.59. The molecule has 1 aliphatic heterocycles. The molecule has 0 aliphatic carbocycles. The molecule has 0 spiro atoms. The summed E-state index contributed by atoms with van der Waals surface area (Å²) in [5.41, 5.74) is 1.50. The van der Waals surface area contributed by atoms with Gasteiger partial charge in [0, 0.05) is 48.9 Å². The number of nitrogens with one attached hydrogen (secondary N) is 1. The molecule has 12 heteroatoms. The van der Waals surface area contributed by atoms with Gasteiger partial charge in [-0.1, -0.05) is 0 Å². The van der Waals surface area contributed by atoms with E-state index in [2.05, 4.69) is 15.2 Å².